The maximum Gasteiger partial charge on any atom is 0.390 e. The maximum absolute atomic E-state index is 12.1. The van der Waals surface area contributed by atoms with E-state index in [2.05, 4.69) is 10.2 Å². The van der Waals surface area contributed by atoms with Gasteiger partial charge in [0, 0.05) is 25.2 Å². The molecule has 1 aliphatic heterocycles. The second kappa shape index (κ2) is 4.33. The van der Waals surface area contributed by atoms with Gasteiger partial charge in [0.25, 0.3) is 0 Å². The molecule has 1 aliphatic rings. The summed E-state index contributed by atoms with van der Waals surface area (Å²) in [6.07, 6.45) is -4.82. The van der Waals surface area contributed by atoms with Gasteiger partial charge in [-0.15, -0.1) is 0 Å². The standard InChI is InChI=1S/C11H16F3N3/c1-7(2)10-8-5-17(4-3-11(12,13)14)6-9(8)15-16-10/h7H,3-6H2,1-2H3,(H,15,16). The first-order valence-electron chi connectivity index (χ1n) is 5.72. The molecule has 2 heterocycles. The Kier molecular flexibility index (Phi) is 3.16. The second-order valence-corrected chi connectivity index (χ2v) is 4.80. The molecular weight excluding hydrogens is 231 g/mol. The Hall–Kier alpha value is -1.04. The first-order valence-corrected chi connectivity index (χ1v) is 5.72. The number of aromatic amines is 1. The summed E-state index contributed by atoms with van der Waals surface area (Å²) < 4.78 is 36.4. The molecule has 0 saturated carbocycles. The molecule has 0 amide bonds. The van der Waals surface area contributed by atoms with Crippen molar-refractivity contribution in [3.63, 3.8) is 0 Å². The van der Waals surface area contributed by atoms with Crippen LogP contribution < -0.4 is 0 Å². The van der Waals surface area contributed by atoms with Crippen LogP contribution in [0.2, 0.25) is 0 Å². The van der Waals surface area contributed by atoms with E-state index in [0.717, 1.165) is 17.0 Å². The molecule has 2 rings (SSSR count). The smallest absolute Gasteiger partial charge is 0.293 e. The fourth-order valence-electron chi connectivity index (χ4n) is 2.15. The van der Waals surface area contributed by atoms with Crippen LogP contribution in [0.1, 0.15) is 43.1 Å². The van der Waals surface area contributed by atoms with Gasteiger partial charge in [0.2, 0.25) is 0 Å². The number of nitrogens with zero attached hydrogens (tertiary/aromatic N) is 2. The number of rotatable bonds is 3. The maximum atomic E-state index is 12.1. The molecule has 0 fully saturated rings. The highest BCUT2D eigenvalue weighted by Gasteiger charge is 2.31. The summed E-state index contributed by atoms with van der Waals surface area (Å²) in [7, 11) is 0. The van der Waals surface area contributed by atoms with Crippen LogP contribution in [0.3, 0.4) is 0 Å². The third-order valence-corrected chi connectivity index (χ3v) is 3.01. The van der Waals surface area contributed by atoms with Crippen LogP contribution in [-0.2, 0) is 13.1 Å². The fraction of sp³-hybridized carbons (Fsp3) is 0.727. The highest BCUT2D eigenvalue weighted by Crippen LogP contribution is 2.29. The molecule has 0 aliphatic carbocycles. The summed E-state index contributed by atoms with van der Waals surface area (Å²) in [5, 5.41) is 7.13. The van der Waals surface area contributed by atoms with E-state index in [-0.39, 0.29) is 6.54 Å². The topological polar surface area (TPSA) is 31.9 Å². The Balaban J connectivity index is 1.97. The van der Waals surface area contributed by atoms with Gasteiger partial charge in [-0.05, 0) is 5.92 Å². The van der Waals surface area contributed by atoms with E-state index in [0.29, 0.717) is 19.0 Å². The molecule has 17 heavy (non-hydrogen) atoms. The Morgan fingerprint density at radius 3 is 2.65 bits per heavy atom. The molecule has 96 valence electrons. The van der Waals surface area contributed by atoms with Gasteiger partial charge >= 0.3 is 6.18 Å². The average molecular weight is 247 g/mol. The quantitative estimate of drug-likeness (QED) is 0.890. The Morgan fingerprint density at radius 2 is 2.06 bits per heavy atom. The zero-order valence-electron chi connectivity index (χ0n) is 9.93. The molecule has 0 radical (unpaired) electrons. The van der Waals surface area contributed by atoms with Crippen LogP contribution in [0.4, 0.5) is 13.2 Å². The highest BCUT2D eigenvalue weighted by molar-refractivity contribution is 5.30. The number of hydrogen-bond donors (Lipinski definition) is 1. The van der Waals surface area contributed by atoms with Gasteiger partial charge in [0.05, 0.1) is 17.8 Å². The van der Waals surface area contributed by atoms with Crippen LogP contribution in [0, 0.1) is 0 Å². The lowest BCUT2D eigenvalue weighted by molar-refractivity contribution is -0.138. The van der Waals surface area contributed by atoms with E-state index in [1.807, 2.05) is 18.7 Å². The van der Waals surface area contributed by atoms with Crippen molar-refractivity contribution in [3.8, 4) is 0 Å². The van der Waals surface area contributed by atoms with E-state index >= 15 is 0 Å². The van der Waals surface area contributed by atoms with Crippen molar-refractivity contribution in [1.82, 2.24) is 15.1 Å². The third-order valence-electron chi connectivity index (χ3n) is 3.01. The van der Waals surface area contributed by atoms with E-state index in [1.165, 1.54) is 0 Å². The third kappa shape index (κ3) is 2.80. The Bertz CT molecular complexity index is 395. The van der Waals surface area contributed by atoms with Crippen LogP contribution in [0.15, 0.2) is 0 Å². The molecule has 3 nitrogen and oxygen atoms in total. The van der Waals surface area contributed by atoms with Crippen LogP contribution in [0.25, 0.3) is 0 Å². The van der Waals surface area contributed by atoms with Crippen LogP contribution >= 0.6 is 0 Å². The van der Waals surface area contributed by atoms with E-state index in [9.17, 15) is 13.2 Å². The summed E-state index contributed by atoms with van der Waals surface area (Å²) in [5.74, 6) is 0.303. The number of aromatic nitrogens is 2. The number of H-pyrrole nitrogens is 1. The van der Waals surface area contributed by atoms with E-state index < -0.39 is 12.6 Å². The van der Waals surface area contributed by atoms with Crippen molar-refractivity contribution in [2.45, 2.75) is 45.5 Å². The minimum atomic E-state index is -4.07. The number of nitrogens with one attached hydrogen (secondary N) is 1. The van der Waals surface area contributed by atoms with Crippen molar-refractivity contribution in [1.29, 1.82) is 0 Å². The fourth-order valence-corrected chi connectivity index (χ4v) is 2.15. The number of halogens is 3. The molecule has 6 heteroatoms. The van der Waals surface area contributed by atoms with Gasteiger partial charge in [0.15, 0.2) is 0 Å². The van der Waals surface area contributed by atoms with Gasteiger partial charge in [-0.3, -0.25) is 10.00 Å². The monoisotopic (exact) mass is 247 g/mol. The SMILES string of the molecule is CC(C)c1n[nH]c2c1CN(CCC(F)(F)F)C2. The van der Waals surface area contributed by atoms with Gasteiger partial charge in [-0.1, -0.05) is 13.8 Å². The molecule has 0 saturated heterocycles. The minimum Gasteiger partial charge on any atom is -0.293 e. The molecule has 0 unspecified atom stereocenters. The van der Waals surface area contributed by atoms with Crippen molar-refractivity contribution in [3.05, 3.63) is 17.0 Å². The summed E-state index contributed by atoms with van der Waals surface area (Å²) in [4.78, 5) is 1.81. The highest BCUT2D eigenvalue weighted by atomic mass is 19.4. The van der Waals surface area contributed by atoms with Crippen molar-refractivity contribution < 1.29 is 13.2 Å². The first-order chi connectivity index (χ1) is 7.87. The van der Waals surface area contributed by atoms with Crippen LogP contribution in [0.5, 0.6) is 0 Å². The average Bonchev–Trinajstić information content (AvgIpc) is 2.70. The molecule has 0 spiro atoms. The summed E-state index contributed by atoms with van der Waals surface area (Å²) in [6.45, 7) is 5.26. The predicted octanol–water partition coefficient (Wildman–Crippen LogP) is 2.80. The lowest BCUT2D eigenvalue weighted by atomic mass is 10.1. The van der Waals surface area contributed by atoms with Crippen molar-refractivity contribution >= 4 is 0 Å². The molecule has 0 atom stereocenters. The summed E-state index contributed by atoms with van der Waals surface area (Å²) in [6, 6.07) is 0. The van der Waals surface area contributed by atoms with Crippen molar-refractivity contribution in [2.75, 3.05) is 6.54 Å². The van der Waals surface area contributed by atoms with Gasteiger partial charge in [-0.2, -0.15) is 18.3 Å². The molecule has 0 bridgehead atoms. The molecule has 1 aromatic heterocycles. The summed E-state index contributed by atoms with van der Waals surface area (Å²) >= 11 is 0. The zero-order valence-corrected chi connectivity index (χ0v) is 9.93. The second-order valence-electron chi connectivity index (χ2n) is 4.80. The van der Waals surface area contributed by atoms with Gasteiger partial charge in [0.1, 0.15) is 0 Å². The number of hydrogen-bond acceptors (Lipinski definition) is 2. The summed E-state index contributed by atoms with van der Waals surface area (Å²) in [5.41, 5.74) is 3.03. The van der Waals surface area contributed by atoms with E-state index in [1.54, 1.807) is 0 Å². The molecule has 1 N–H and O–H groups in total. The number of alkyl halides is 3. The predicted molar refractivity (Wildman–Crippen MR) is 57.5 cm³/mol. The number of fused-ring (bicyclic) bond motifs is 1. The lowest BCUT2D eigenvalue weighted by Gasteiger charge is -2.16. The van der Waals surface area contributed by atoms with Crippen LogP contribution in [-0.4, -0.2) is 27.8 Å². The van der Waals surface area contributed by atoms with E-state index in [4.69, 9.17) is 0 Å². The Labute approximate surface area is 98.0 Å². The largest absolute Gasteiger partial charge is 0.390 e. The normalized spacial score (nSPS) is 16.8. The lowest BCUT2D eigenvalue weighted by Crippen LogP contribution is -2.23. The molecule has 0 aromatic carbocycles. The molecule has 1 aromatic rings. The first kappa shape index (κ1) is 12.4. The zero-order chi connectivity index (χ0) is 12.6. The van der Waals surface area contributed by atoms with Crippen molar-refractivity contribution in [2.24, 2.45) is 0 Å². The molecular formula is C11H16F3N3. The minimum absolute atomic E-state index is 0.0591. The van der Waals surface area contributed by atoms with Gasteiger partial charge < -0.3 is 0 Å². The van der Waals surface area contributed by atoms with Gasteiger partial charge in [-0.25, -0.2) is 0 Å². The Morgan fingerprint density at radius 1 is 1.35 bits per heavy atom.